The molecule has 0 aromatic carbocycles. The summed E-state index contributed by atoms with van der Waals surface area (Å²) < 4.78 is 0.873. The molecule has 1 aliphatic rings. The number of carbonyl (C=O) groups excluding carboxylic acids is 1. The summed E-state index contributed by atoms with van der Waals surface area (Å²) in [6, 6.07) is 1.75. The van der Waals surface area contributed by atoms with Crippen molar-refractivity contribution < 1.29 is 9.63 Å². The predicted octanol–water partition coefficient (Wildman–Crippen LogP) is 1.94. The molecule has 1 fully saturated rings. The second kappa shape index (κ2) is 4.14. The van der Waals surface area contributed by atoms with Crippen LogP contribution < -0.4 is 0 Å². The number of nitrogens with zero attached hydrogens (tertiary/aromatic N) is 1. The monoisotopic (exact) mass is 258 g/mol. The second-order valence-electron chi connectivity index (χ2n) is 3.18. The molecule has 0 aliphatic carbocycles. The highest BCUT2D eigenvalue weighted by Gasteiger charge is 2.20. The highest BCUT2D eigenvalue weighted by atomic mass is 79.9. The highest BCUT2D eigenvalue weighted by molar-refractivity contribution is 9.10. The summed E-state index contributed by atoms with van der Waals surface area (Å²) in [5.41, 5.74) is 0.554. The predicted molar refractivity (Wildman–Crippen MR) is 54.7 cm³/mol. The number of halogens is 1. The number of nitrogens with one attached hydrogen (secondary N) is 1. The van der Waals surface area contributed by atoms with Crippen molar-refractivity contribution in [3.8, 4) is 0 Å². The van der Waals surface area contributed by atoms with E-state index in [2.05, 4.69) is 20.9 Å². The van der Waals surface area contributed by atoms with Gasteiger partial charge < -0.3 is 4.98 Å². The minimum absolute atomic E-state index is 0.101. The second-order valence-corrected chi connectivity index (χ2v) is 4.09. The summed E-state index contributed by atoms with van der Waals surface area (Å²) in [7, 11) is 0. The van der Waals surface area contributed by atoms with E-state index < -0.39 is 0 Å². The van der Waals surface area contributed by atoms with Gasteiger partial charge in [-0.25, -0.2) is 5.06 Å². The molecule has 1 aromatic rings. The van der Waals surface area contributed by atoms with E-state index in [0.29, 0.717) is 18.8 Å². The lowest BCUT2D eigenvalue weighted by molar-refractivity contribution is -0.144. The Balaban J connectivity index is 2.07. The van der Waals surface area contributed by atoms with Crippen LogP contribution in [0.15, 0.2) is 16.7 Å². The molecule has 76 valence electrons. The number of hydrogen-bond donors (Lipinski definition) is 1. The van der Waals surface area contributed by atoms with Crippen LogP contribution >= 0.6 is 15.9 Å². The van der Waals surface area contributed by atoms with Crippen molar-refractivity contribution in [2.24, 2.45) is 0 Å². The molecule has 0 radical (unpaired) electrons. The number of aromatic nitrogens is 1. The van der Waals surface area contributed by atoms with Gasteiger partial charge in [0.15, 0.2) is 0 Å². The fourth-order valence-corrected chi connectivity index (χ4v) is 1.73. The molecular formula is C9H11BrN2O2. The first-order valence-electron chi connectivity index (χ1n) is 4.56. The molecule has 0 bridgehead atoms. The molecular weight excluding hydrogens is 248 g/mol. The number of hydroxylamine groups is 2. The Morgan fingerprint density at radius 3 is 3.00 bits per heavy atom. The van der Waals surface area contributed by atoms with Gasteiger partial charge in [-0.15, -0.1) is 0 Å². The van der Waals surface area contributed by atoms with Crippen LogP contribution in [-0.2, 0) is 4.84 Å². The van der Waals surface area contributed by atoms with Gasteiger partial charge in [0.05, 0.1) is 6.61 Å². The van der Waals surface area contributed by atoms with Gasteiger partial charge in [-0.1, -0.05) is 0 Å². The van der Waals surface area contributed by atoms with Crippen LogP contribution in [0.3, 0.4) is 0 Å². The molecule has 2 rings (SSSR count). The molecule has 0 saturated carbocycles. The SMILES string of the molecule is O=C(c1cc(Br)c[nH]1)N1CCCCO1. The Labute approximate surface area is 90.3 Å². The molecule has 0 unspecified atom stereocenters. The van der Waals surface area contributed by atoms with Crippen LogP contribution in [0.4, 0.5) is 0 Å². The van der Waals surface area contributed by atoms with Crippen molar-refractivity contribution in [3.63, 3.8) is 0 Å². The molecule has 1 saturated heterocycles. The van der Waals surface area contributed by atoms with Gasteiger partial charge in [0, 0.05) is 17.2 Å². The molecule has 14 heavy (non-hydrogen) atoms. The van der Waals surface area contributed by atoms with E-state index in [-0.39, 0.29) is 5.91 Å². The average Bonchev–Trinajstić information content (AvgIpc) is 2.65. The number of H-pyrrole nitrogens is 1. The van der Waals surface area contributed by atoms with Crippen molar-refractivity contribution in [1.82, 2.24) is 10.0 Å². The van der Waals surface area contributed by atoms with Crippen LogP contribution in [-0.4, -0.2) is 29.1 Å². The standard InChI is InChI=1S/C9H11BrN2O2/c10-7-5-8(11-6-7)9(13)12-3-1-2-4-14-12/h5-6,11H,1-4H2. The first-order valence-corrected chi connectivity index (χ1v) is 5.35. The lowest BCUT2D eigenvalue weighted by Crippen LogP contribution is -2.35. The van der Waals surface area contributed by atoms with E-state index in [1.165, 1.54) is 5.06 Å². The third-order valence-electron chi connectivity index (χ3n) is 2.11. The van der Waals surface area contributed by atoms with Crippen molar-refractivity contribution in [2.45, 2.75) is 12.8 Å². The van der Waals surface area contributed by atoms with E-state index in [4.69, 9.17) is 4.84 Å². The lowest BCUT2D eigenvalue weighted by Gasteiger charge is -2.25. The van der Waals surface area contributed by atoms with Gasteiger partial charge in [0.1, 0.15) is 5.69 Å². The number of carbonyl (C=O) groups is 1. The van der Waals surface area contributed by atoms with E-state index in [9.17, 15) is 4.79 Å². The smallest absolute Gasteiger partial charge is 0.293 e. The Bertz CT molecular complexity index is 331. The van der Waals surface area contributed by atoms with Gasteiger partial charge in [-0.05, 0) is 34.8 Å². The molecule has 0 atom stereocenters. The topological polar surface area (TPSA) is 45.3 Å². The first-order chi connectivity index (χ1) is 6.77. The fourth-order valence-electron chi connectivity index (χ4n) is 1.38. The number of hydrogen-bond acceptors (Lipinski definition) is 2. The van der Waals surface area contributed by atoms with Crippen LogP contribution in [0.25, 0.3) is 0 Å². The molecule has 0 spiro atoms. The molecule has 1 aromatic heterocycles. The van der Waals surface area contributed by atoms with E-state index in [0.717, 1.165) is 17.3 Å². The molecule has 1 N–H and O–H groups in total. The van der Waals surface area contributed by atoms with Gasteiger partial charge in [0.2, 0.25) is 0 Å². The van der Waals surface area contributed by atoms with Gasteiger partial charge in [-0.2, -0.15) is 0 Å². The van der Waals surface area contributed by atoms with Gasteiger partial charge in [-0.3, -0.25) is 9.63 Å². The zero-order chi connectivity index (χ0) is 9.97. The molecule has 2 heterocycles. The van der Waals surface area contributed by atoms with Crippen LogP contribution in [0.5, 0.6) is 0 Å². The Kier molecular flexibility index (Phi) is 2.88. The summed E-state index contributed by atoms with van der Waals surface area (Å²) >= 11 is 3.28. The number of aromatic amines is 1. The summed E-state index contributed by atoms with van der Waals surface area (Å²) in [5, 5.41) is 1.42. The first kappa shape index (κ1) is 9.73. The molecule has 1 aliphatic heterocycles. The Morgan fingerprint density at radius 1 is 1.57 bits per heavy atom. The van der Waals surface area contributed by atoms with Gasteiger partial charge >= 0.3 is 0 Å². The molecule has 1 amide bonds. The lowest BCUT2D eigenvalue weighted by atomic mass is 10.3. The van der Waals surface area contributed by atoms with Crippen molar-refractivity contribution in [1.29, 1.82) is 0 Å². The largest absolute Gasteiger partial charge is 0.356 e. The Hall–Kier alpha value is -0.810. The van der Waals surface area contributed by atoms with Crippen LogP contribution in [0.2, 0.25) is 0 Å². The van der Waals surface area contributed by atoms with Crippen LogP contribution in [0, 0.1) is 0 Å². The maximum Gasteiger partial charge on any atom is 0.293 e. The van der Waals surface area contributed by atoms with Crippen molar-refractivity contribution in [3.05, 3.63) is 22.4 Å². The quantitative estimate of drug-likeness (QED) is 0.837. The molecule has 4 nitrogen and oxygen atoms in total. The van der Waals surface area contributed by atoms with Gasteiger partial charge in [0.25, 0.3) is 5.91 Å². The highest BCUT2D eigenvalue weighted by Crippen LogP contribution is 2.14. The third-order valence-corrected chi connectivity index (χ3v) is 2.57. The van der Waals surface area contributed by atoms with E-state index >= 15 is 0 Å². The minimum atomic E-state index is -0.101. The number of rotatable bonds is 1. The summed E-state index contributed by atoms with van der Waals surface area (Å²) in [4.78, 5) is 19.9. The Morgan fingerprint density at radius 2 is 2.43 bits per heavy atom. The summed E-state index contributed by atoms with van der Waals surface area (Å²) in [5.74, 6) is -0.101. The maximum atomic E-state index is 11.8. The minimum Gasteiger partial charge on any atom is -0.356 e. The summed E-state index contributed by atoms with van der Waals surface area (Å²) in [6.07, 6.45) is 3.77. The average molecular weight is 259 g/mol. The maximum absolute atomic E-state index is 11.8. The zero-order valence-electron chi connectivity index (χ0n) is 7.62. The van der Waals surface area contributed by atoms with Crippen molar-refractivity contribution >= 4 is 21.8 Å². The van der Waals surface area contributed by atoms with E-state index in [1.807, 2.05) is 0 Å². The van der Waals surface area contributed by atoms with Crippen LogP contribution in [0.1, 0.15) is 23.3 Å². The summed E-state index contributed by atoms with van der Waals surface area (Å²) in [6.45, 7) is 1.31. The van der Waals surface area contributed by atoms with E-state index in [1.54, 1.807) is 12.3 Å². The zero-order valence-corrected chi connectivity index (χ0v) is 9.21. The third kappa shape index (κ3) is 1.99. The number of amides is 1. The molecule has 5 heteroatoms. The fraction of sp³-hybridized carbons (Fsp3) is 0.444. The normalized spacial score (nSPS) is 17.1. The van der Waals surface area contributed by atoms with Crippen molar-refractivity contribution in [2.75, 3.05) is 13.2 Å².